The second-order valence-corrected chi connectivity index (χ2v) is 4.46. The number of pyridine rings is 1. The van der Waals surface area contributed by atoms with E-state index in [0.717, 1.165) is 17.0 Å². The van der Waals surface area contributed by atoms with Crippen molar-refractivity contribution >= 4 is 28.9 Å². The minimum absolute atomic E-state index is 0.0971. The van der Waals surface area contributed by atoms with E-state index in [2.05, 4.69) is 4.98 Å². The SMILES string of the molecule is CC(=C/C(=O)O)/C(=C\c1ccc2ccccc2n1)C(=O)O. The van der Waals surface area contributed by atoms with Gasteiger partial charge >= 0.3 is 11.9 Å². The Labute approximate surface area is 120 Å². The highest BCUT2D eigenvalue weighted by Gasteiger charge is 2.11. The minimum atomic E-state index is -1.19. The highest BCUT2D eigenvalue weighted by Crippen LogP contribution is 2.17. The van der Waals surface area contributed by atoms with E-state index in [1.165, 1.54) is 13.0 Å². The van der Waals surface area contributed by atoms with Gasteiger partial charge < -0.3 is 10.2 Å². The molecule has 0 bridgehead atoms. The van der Waals surface area contributed by atoms with Gasteiger partial charge in [0.05, 0.1) is 16.8 Å². The summed E-state index contributed by atoms with van der Waals surface area (Å²) in [6.07, 6.45) is 2.23. The van der Waals surface area contributed by atoms with E-state index in [1.807, 2.05) is 30.3 Å². The third-order valence-corrected chi connectivity index (χ3v) is 2.91. The van der Waals surface area contributed by atoms with Crippen molar-refractivity contribution in [1.29, 1.82) is 0 Å². The third kappa shape index (κ3) is 3.54. The van der Waals surface area contributed by atoms with E-state index in [0.29, 0.717) is 5.69 Å². The summed E-state index contributed by atoms with van der Waals surface area (Å²) in [5, 5.41) is 18.9. The van der Waals surface area contributed by atoms with Crippen molar-refractivity contribution in [2.45, 2.75) is 6.92 Å². The molecule has 2 rings (SSSR count). The summed E-state index contributed by atoms with van der Waals surface area (Å²) in [6.45, 7) is 1.44. The molecule has 0 fully saturated rings. The van der Waals surface area contributed by atoms with Gasteiger partial charge in [-0.05, 0) is 30.7 Å². The van der Waals surface area contributed by atoms with Crippen molar-refractivity contribution in [3.63, 3.8) is 0 Å². The average Bonchev–Trinajstić information content (AvgIpc) is 2.43. The van der Waals surface area contributed by atoms with E-state index in [1.54, 1.807) is 6.07 Å². The van der Waals surface area contributed by atoms with Crippen molar-refractivity contribution in [1.82, 2.24) is 4.98 Å². The third-order valence-electron chi connectivity index (χ3n) is 2.91. The zero-order valence-electron chi connectivity index (χ0n) is 11.3. The lowest BCUT2D eigenvalue weighted by Crippen LogP contribution is -2.04. The van der Waals surface area contributed by atoms with Crippen LogP contribution in [0.5, 0.6) is 0 Å². The number of nitrogens with zero attached hydrogens (tertiary/aromatic N) is 1. The summed E-state index contributed by atoms with van der Waals surface area (Å²) in [5.74, 6) is -2.38. The molecule has 2 N–H and O–H groups in total. The monoisotopic (exact) mass is 283 g/mol. The normalized spacial score (nSPS) is 12.4. The molecule has 0 radical (unpaired) electrons. The molecule has 1 aromatic carbocycles. The first kappa shape index (κ1) is 14.5. The van der Waals surface area contributed by atoms with Gasteiger partial charge in [0.2, 0.25) is 0 Å². The van der Waals surface area contributed by atoms with Crippen LogP contribution < -0.4 is 0 Å². The summed E-state index contributed by atoms with van der Waals surface area (Å²) >= 11 is 0. The molecule has 0 saturated carbocycles. The number of hydrogen-bond acceptors (Lipinski definition) is 3. The highest BCUT2D eigenvalue weighted by atomic mass is 16.4. The molecular weight excluding hydrogens is 270 g/mol. The quantitative estimate of drug-likeness (QED) is 0.665. The Morgan fingerprint density at radius 1 is 1.10 bits per heavy atom. The maximum atomic E-state index is 11.3. The summed E-state index contributed by atoms with van der Waals surface area (Å²) in [6, 6.07) is 11.0. The Bertz CT molecular complexity index is 775. The number of fused-ring (bicyclic) bond motifs is 1. The van der Waals surface area contributed by atoms with Gasteiger partial charge in [-0.25, -0.2) is 14.6 Å². The van der Waals surface area contributed by atoms with Gasteiger partial charge in [0, 0.05) is 11.5 Å². The first-order valence-corrected chi connectivity index (χ1v) is 6.20. The maximum absolute atomic E-state index is 11.3. The first-order valence-electron chi connectivity index (χ1n) is 6.20. The number of rotatable bonds is 4. The molecular formula is C16H13NO4. The van der Waals surface area contributed by atoms with E-state index in [9.17, 15) is 14.7 Å². The predicted octanol–water partition coefficient (Wildman–Crippen LogP) is 2.73. The maximum Gasteiger partial charge on any atom is 0.336 e. The fourth-order valence-electron chi connectivity index (χ4n) is 1.92. The van der Waals surface area contributed by atoms with Gasteiger partial charge in [0.25, 0.3) is 0 Å². The summed E-state index contributed by atoms with van der Waals surface area (Å²) < 4.78 is 0. The number of aliphatic carboxylic acids is 2. The van der Waals surface area contributed by atoms with Crippen LogP contribution in [0.4, 0.5) is 0 Å². The average molecular weight is 283 g/mol. The first-order chi connectivity index (χ1) is 9.97. The van der Waals surface area contributed by atoms with Crippen LogP contribution in [-0.2, 0) is 9.59 Å². The van der Waals surface area contributed by atoms with Gasteiger partial charge in [-0.1, -0.05) is 24.3 Å². The summed E-state index contributed by atoms with van der Waals surface area (Å²) in [7, 11) is 0. The van der Waals surface area contributed by atoms with Gasteiger partial charge in [0.15, 0.2) is 0 Å². The van der Waals surface area contributed by atoms with Crippen LogP contribution in [0.2, 0.25) is 0 Å². The Hall–Kier alpha value is -2.95. The molecule has 0 aliphatic carbocycles. The van der Waals surface area contributed by atoms with E-state index >= 15 is 0 Å². The number of carboxylic acid groups (broad SMARTS) is 2. The molecule has 5 heteroatoms. The second kappa shape index (κ2) is 6.00. The Morgan fingerprint density at radius 3 is 2.48 bits per heavy atom. The number of para-hydroxylation sites is 1. The topological polar surface area (TPSA) is 87.5 Å². The van der Waals surface area contributed by atoms with Crippen LogP contribution in [0.3, 0.4) is 0 Å². The highest BCUT2D eigenvalue weighted by molar-refractivity contribution is 5.99. The molecule has 1 aromatic heterocycles. The van der Waals surface area contributed by atoms with E-state index < -0.39 is 11.9 Å². The van der Waals surface area contributed by atoms with Crippen LogP contribution in [0.25, 0.3) is 17.0 Å². The van der Waals surface area contributed by atoms with E-state index in [4.69, 9.17) is 5.11 Å². The fraction of sp³-hybridized carbons (Fsp3) is 0.0625. The molecule has 2 aromatic rings. The molecule has 0 unspecified atom stereocenters. The number of benzene rings is 1. The number of aromatic nitrogens is 1. The smallest absolute Gasteiger partial charge is 0.336 e. The molecule has 0 amide bonds. The fourth-order valence-corrected chi connectivity index (χ4v) is 1.92. The molecule has 0 aliphatic heterocycles. The van der Waals surface area contributed by atoms with Crippen LogP contribution in [0.1, 0.15) is 12.6 Å². The molecule has 106 valence electrons. The molecule has 21 heavy (non-hydrogen) atoms. The van der Waals surface area contributed by atoms with Gasteiger partial charge in [0.1, 0.15) is 0 Å². The lowest BCUT2D eigenvalue weighted by molar-refractivity contribution is -0.132. The van der Waals surface area contributed by atoms with E-state index in [-0.39, 0.29) is 11.1 Å². The zero-order chi connectivity index (χ0) is 15.4. The number of carbonyl (C=O) groups is 2. The molecule has 0 aliphatic rings. The second-order valence-electron chi connectivity index (χ2n) is 4.46. The van der Waals surface area contributed by atoms with Crippen LogP contribution >= 0.6 is 0 Å². The number of hydrogen-bond donors (Lipinski definition) is 2. The zero-order valence-corrected chi connectivity index (χ0v) is 11.3. The molecule has 5 nitrogen and oxygen atoms in total. The van der Waals surface area contributed by atoms with Gasteiger partial charge in [-0.15, -0.1) is 0 Å². The van der Waals surface area contributed by atoms with Crippen molar-refractivity contribution in [3.8, 4) is 0 Å². The molecule has 0 spiro atoms. The van der Waals surface area contributed by atoms with Gasteiger partial charge in [-0.2, -0.15) is 0 Å². The Kier molecular flexibility index (Phi) is 4.13. The standard InChI is InChI=1S/C16H13NO4/c1-10(8-15(18)19)13(16(20)21)9-12-7-6-11-4-2-3-5-14(11)17-12/h2-9H,1H3,(H,18,19)(H,20,21)/b10-8-,13-9+. The van der Waals surface area contributed by atoms with Crippen LogP contribution in [-0.4, -0.2) is 27.1 Å². The molecule has 0 atom stereocenters. The molecule has 1 heterocycles. The van der Waals surface area contributed by atoms with Crippen LogP contribution in [0, 0.1) is 0 Å². The minimum Gasteiger partial charge on any atom is -0.478 e. The lowest BCUT2D eigenvalue weighted by Gasteiger charge is -2.03. The number of carboxylic acids is 2. The van der Waals surface area contributed by atoms with Crippen LogP contribution in [0.15, 0.2) is 53.6 Å². The Balaban J connectivity index is 2.49. The van der Waals surface area contributed by atoms with Crippen molar-refractivity contribution in [3.05, 3.63) is 59.3 Å². The summed E-state index contributed by atoms with van der Waals surface area (Å²) in [4.78, 5) is 26.3. The van der Waals surface area contributed by atoms with Crippen molar-refractivity contribution < 1.29 is 19.8 Å². The lowest BCUT2D eigenvalue weighted by atomic mass is 10.1. The van der Waals surface area contributed by atoms with Gasteiger partial charge in [-0.3, -0.25) is 0 Å². The van der Waals surface area contributed by atoms with Crippen molar-refractivity contribution in [2.24, 2.45) is 0 Å². The largest absolute Gasteiger partial charge is 0.478 e. The Morgan fingerprint density at radius 2 is 1.81 bits per heavy atom. The molecule has 0 saturated heterocycles. The predicted molar refractivity (Wildman–Crippen MR) is 78.7 cm³/mol. The summed E-state index contributed by atoms with van der Waals surface area (Å²) in [5.41, 5.74) is 1.27. The van der Waals surface area contributed by atoms with Crippen molar-refractivity contribution in [2.75, 3.05) is 0 Å².